The molecule has 2 atom stereocenters. The summed E-state index contributed by atoms with van der Waals surface area (Å²) in [5.74, 6) is 0. The van der Waals surface area contributed by atoms with Gasteiger partial charge in [-0.05, 0) is 25.8 Å². The molecule has 1 N–H and O–H groups in total. The molecular weight excluding hydrogens is 136 g/mol. The number of rotatable bonds is 2. The van der Waals surface area contributed by atoms with Crippen molar-refractivity contribution < 1.29 is 0 Å². The highest BCUT2D eigenvalue weighted by atomic mass is 15.2. The van der Waals surface area contributed by atoms with Crippen molar-refractivity contribution in [1.82, 2.24) is 10.2 Å². The lowest BCUT2D eigenvalue weighted by Gasteiger charge is -2.45. The van der Waals surface area contributed by atoms with E-state index >= 15 is 0 Å². The fraction of sp³-hybridized carbons (Fsp3) is 1.00. The molecule has 3 aliphatic rings. The summed E-state index contributed by atoms with van der Waals surface area (Å²) in [5, 5.41) is 3.57. The number of piperidine rings is 2. The molecule has 11 heavy (non-hydrogen) atoms. The highest BCUT2D eigenvalue weighted by Crippen LogP contribution is 2.21. The monoisotopic (exact) mass is 154 g/mol. The Bertz CT molecular complexity index is 128. The van der Waals surface area contributed by atoms with Crippen molar-refractivity contribution in [1.29, 1.82) is 0 Å². The van der Waals surface area contributed by atoms with Crippen molar-refractivity contribution >= 4 is 0 Å². The largest absolute Gasteiger partial charge is 0.311 e. The summed E-state index contributed by atoms with van der Waals surface area (Å²) in [6, 6.07) is 1.67. The zero-order valence-electron chi connectivity index (χ0n) is 7.34. The summed E-state index contributed by atoms with van der Waals surface area (Å²) >= 11 is 0. The van der Waals surface area contributed by atoms with Gasteiger partial charge in [-0.25, -0.2) is 0 Å². The molecule has 3 rings (SSSR count). The quantitative estimate of drug-likeness (QED) is 0.634. The maximum Gasteiger partial charge on any atom is 0.0221 e. The van der Waals surface area contributed by atoms with E-state index in [1.165, 1.54) is 38.9 Å². The first-order chi connectivity index (χ1) is 5.40. The maximum absolute atomic E-state index is 3.57. The number of fused-ring (bicyclic) bond motifs is 3. The van der Waals surface area contributed by atoms with Crippen LogP contribution in [0.5, 0.6) is 0 Å². The summed E-state index contributed by atoms with van der Waals surface area (Å²) in [6.45, 7) is 6.13. The summed E-state index contributed by atoms with van der Waals surface area (Å²) in [7, 11) is 0. The van der Waals surface area contributed by atoms with E-state index in [2.05, 4.69) is 17.1 Å². The molecule has 0 amide bonds. The van der Waals surface area contributed by atoms with Crippen molar-refractivity contribution in [3.63, 3.8) is 0 Å². The van der Waals surface area contributed by atoms with Crippen molar-refractivity contribution in [2.45, 2.75) is 38.3 Å². The minimum absolute atomic E-state index is 0.812. The first-order valence-corrected chi connectivity index (χ1v) is 4.87. The summed E-state index contributed by atoms with van der Waals surface area (Å²) in [6.07, 6.45) is 4.14. The van der Waals surface area contributed by atoms with Crippen LogP contribution in [0.1, 0.15) is 26.2 Å². The molecule has 64 valence electrons. The van der Waals surface area contributed by atoms with Crippen LogP contribution in [-0.2, 0) is 0 Å². The van der Waals surface area contributed by atoms with E-state index in [-0.39, 0.29) is 0 Å². The zero-order valence-corrected chi connectivity index (χ0v) is 7.34. The van der Waals surface area contributed by atoms with E-state index in [9.17, 15) is 0 Å². The molecule has 3 aliphatic heterocycles. The van der Waals surface area contributed by atoms with E-state index in [0.29, 0.717) is 0 Å². The first kappa shape index (κ1) is 7.56. The van der Waals surface area contributed by atoms with Crippen LogP contribution in [0.4, 0.5) is 0 Å². The average molecular weight is 154 g/mol. The smallest absolute Gasteiger partial charge is 0.0221 e. The molecule has 3 fully saturated rings. The van der Waals surface area contributed by atoms with Gasteiger partial charge in [-0.3, -0.25) is 4.90 Å². The standard InChI is InChI=1S/C9H18N2/c1-2-5-11-7-8-3-4-9(11)6-10-8/h8-10H,2-7H2,1H3/t8-,9-/m1/s1. The van der Waals surface area contributed by atoms with Gasteiger partial charge >= 0.3 is 0 Å². The lowest BCUT2D eigenvalue weighted by atomic mass is 9.93. The number of nitrogens with zero attached hydrogens (tertiary/aromatic N) is 1. The normalized spacial score (nSPS) is 37.9. The Labute approximate surface area is 69.0 Å². The molecule has 0 aliphatic carbocycles. The van der Waals surface area contributed by atoms with Gasteiger partial charge in [-0.15, -0.1) is 0 Å². The number of piperazine rings is 1. The van der Waals surface area contributed by atoms with Gasteiger partial charge in [-0.1, -0.05) is 6.92 Å². The van der Waals surface area contributed by atoms with Crippen molar-refractivity contribution in [2.75, 3.05) is 19.6 Å². The van der Waals surface area contributed by atoms with Gasteiger partial charge in [0, 0.05) is 25.2 Å². The number of nitrogens with one attached hydrogen (secondary N) is 1. The molecule has 0 radical (unpaired) electrons. The van der Waals surface area contributed by atoms with Gasteiger partial charge in [0.25, 0.3) is 0 Å². The van der Waals surface area contributed by atoms with E-state index in [4.69, 9.17) is 0 Å². The van der Waals surface area contributed by atoms with Crippen LogP contribution in [0.25, 0.3) is 0 Å². The Morgan fingerprint density at radius 1 is 1.45 bits per heavy atom. The van der Waals surface area contributed by atoms with Gasteiger partial charge in [0.15, 0.2) is 0 Å². The fourth-order valence-corrected chi connectivity index (χ4v) is 2.36. The fourth-order valence-electron chi connectivity index (χ4n) is 2.36. The maximum atomic E-state index is 3.57. The van der Waals surface area contributed by atoms with Gasteiger partial charge in [0.2, 0.25) is 0 Å². The second kappa shape index (κ2) is 3.11. The predicted molar refractivity (Wildman–Crippen MR) is 46.7 cm³/mol. The van der Waals surface area contributed by atoms with Gasteiger partial charge in [0.1, 0.15) is 0 Å². The third-order valence-corrected chi connectivity index (χ3v) is 2.97. The van der Waals surface area contributed by atoms with Crippen LogP contribution < -0.4 is 5.32 Å². The third kappa shape index (κ3) is 1.42. The predicted octanol–water partition coefficient (Wildman–Crippen LogP) is 0.833. The minimum atomic E-state index is 0.812. The van der Waals surface area contributed by atoms with E-state index in [1.54, 1.807) is 0 Å². The highest BCUT2D eigenvalue weighted by molar-refractivity contribution is 4.92. The summed E-state index contributed by atoms with van der Waals surface area (Å²) in [5.41, 5.74) is 0. The second-order valence-electron chi connectivity index (χ2n) is 3.83. The molecule has 0 aromatic carbocycles. The molecule has 0 spiro atoms. The van der Waals surface area contributed by atoms with Crippen LogP contribution in [0, 0.1) is 0 Å². The summed E-state index contributed by atoms with van der Waals surface area (Å²) < 4.78 is 0. The molecule has 3 saturated heterocycles. The molecule has 0 unspecified atom stereocenters. The Hall–Kier alpha value is -0.0800. The van der Waals surface area contributed by atoms with Crippen LogP contribution in [0.3, 0.4) is 0 Å². The Morgan fingerprint density at radius 3 is 2.82 bits per heavy atom. The molecular formula is C9H18N2. The Morgan fingerprint density at radius 2 is 2.36 bits per heavy atom. The molecule has 3 heterocycles. The lowest BCUT2D eigenvalue weighted by Crippen LogP contribution is -2.60. The Kier molecular flexibility index (Phi) is 2.14. The number of hydrogen-bond acceptors (Lipinski definition) is 2. The van der Waals surface area contributed by atoms with Crippen LogP contribution in [-0.4, -0.2) is 36.6 Å². The SMILES string of the molecule is CCCN1C[C@H]2CC[C@@H]1CN2. The molecule has 0 saturated carbocycles. The van der Waals surface area contributed by atoms with Crippen LogP contribution in [0.2, 0.25) is 0 Å². The van der Waals surface area contributed by atoms with Crippen molar-refractivity contribution in [2.24, 2.45) is 0 Å². The molecule has 0 aromatic rings. The molecule has 2 bridgehead atoms. The van der Waals surface area contributed by atoms with Crippen molar-refractivity contribution in [3.05, 3.63) is 0 Å². The number of hydrogen-bond donors (Lipinski definition) is 1. The van der Waals surface area contributed by atoms with E-state index in [1.807, 2.05) is 0 Å². The average Bonchev–Trinajstić information content (AvgIpc) is 2.07. The van der Waals surface area contributed by atoms with Crippen LogP contribution >= 0.6 is 0 Å². The van der Waals surface area contributed by atoms with Gasteiger partial charge < -0.3 is 5.32 Å². The van der Waals surface area contributed by atoms with Gasteiger partial charge in [-0.2, -0.15) is 0 Å². The minimum Gasteiger partial charge on any atom is -0.311 e. The Balaban J connectivity index is 1.92. The zero-order chi connectivity index (χ0) is 7.68. The molecule has 2 heteroatoms. The highest BCUT2D eigenvalue weighted by Gasteiger charge is 2.32. The topological polar surface area (TPSA) is 15.3 Å². The second-order valence-corrected chi connectivity index (χ2v) is 3.83. The molecule has 2 nitrogen and oxygen atoms in total. The van der Waals surface area contributed by atoms with Gasteiger partial charge in [0.05, 0.1) is 0 Å². The van der Waals surface area contributed by atoms with E-state index < -0.39 is 0 Å². The van der Waals surface area contributed by atoms with E-state index in [0.717, 1.165) is 12.1 Å². The van der Waals surface area contributed by atoms with Crippen LogP contribution in [0.15, 0.2) is 0 Å². The van der Waals surface area contributed by atoms with Crippen molar-refractivity contribution in [3.8, 4) is 0 Å². The lowest BCUT2D eigenvalue weighted by molar-refractivity contribution is 0.0755. The molecule has 0 aromatic heterocycles. The summed E-state index contributed by atoms with van der Waals surface area (Å²) in [4.78, 5) is 2.66. The first-order valence-electron chi connectivity index (χ1n) is 4.87. The third-order valence-electron chi connectivity index (χ3n) is 2.97.